The van der Waals surface area contributed by atoms with Gasteiger partial charge >= 0.3 is 11.9 Å². The predicted octanol–water partition coefficient (Wildman–Crippen LogP) is 2.46. The monoisotopic (exact) mass is 353 g/mol. The Balaban J connectivity index is 2.80. The molecule has 0 amide bonds. The highest BCUT2D eigenvalue weighted by molar-refractivity contribution is 6.07. The standard InChI is InChI=1S/C17H17F2NO5/c1-7-12(16(22)24-3)15(13(8(2)20-7)17(23)25-4)14-10(18)5-9(21)6-11(14)19/h5-6,12,15,21H,1-4H3. The van der Waals surface area contributed by atoms with Gasteiger partial charge in [0.15, 0.2) is 0 Å². The van der Waals surface area contributed by atoms with Gasteiger partial charge in [0, 0.05) is 35.0 Å². The van der Waals surface area contributed by atoms with E-state index in [1.165, 1.54) is 13.8 Å². The molecule has 8 heteroatoms. The molecule has 1 aromatic carbocycles. The Morgan fingerprint density at radius 2 is 1.68 bits per heavy atom. The fraction of sp³-hybridized carbons (Fsp3) is 0.353. The number of halogens is 2. The molecule has 0 spiro atoms. The van der Waals surface area contributed by atoms with Gasteiger partial charge in [-0.1, -0.05) is 0 Å². The van der Waals surface area contributed by atoms with E-state index in [1.54, 1.807) is 0 Å². The Labute approximate surface area is 142 Å². The number of carbonyl (C=O) groups is 2. The number of esters is 2. The maximum atomic E-state index is 14.5. The van der Waals surface area contributed by atoms with Crippen molar-refractivity contribution in [3.8, 4) is 5.75 Å². The highest BCUT2D eigenvalue weighted by atomic mass is 19.1. The van der Waals surface area contributed by atoms with Crippen molar-refractivity contribution in [1.82, 2.24) is 0 Å². The molecule has 25 heavy (non-hydrogen) atoms. The average Bonchev–Trinajstić information content (AvgIpc) is 2.52. The molecular weight excluding hydrogens is 336 g/mol. The third-order valence-electron chi connectivity index (χ3n) is 4.06. The fourth-order valence-electron chi connectivity index (χ4n) is 3.02. The molecule has 0 bridgehead atoms. The van der Waals surface area contributed by atoms with Crippen molar-refractivity contribution in [3.63, 3.8) is 0 Å². The Hall–Kier alpha value is -2.77. The maximum Gasteiger partial charge on any atom is 0.336 e. The molecule has 1 N–H and O–H groups in total. The van der Waals surface area contributed by atoms with Crippen molar-refractivity contribution in [2.75, 3.05) is 14.2 Å². The third kappa shape index (κ3) is 3.24. The molecule has 1 aromatic rings. The van der Waals surface area contributed by atoms with Gasteiger partial charge in [-0.2, -0.15) is 0 Å². The number of phenols is 1. The molecule has 2 atom stereocenters. The van der Waals surface area contributed by atoms with Crippen LogP contribution < -0.4 is 0 Å². The minimum absolute atomic E-state index is 0.146. The summed E-state index contributed by atoms with van der Waals surface area (Å²) in [5.74, 6) is -7.02. The number of aliphatic imine (C=N–C) groups is 1. The Kier molecular flexibility index (Phi) is 5.20. The average molecular weight is 353 g/mol. The number of aromatic hydroxyl groups is 1. The highest BCUT2D eigenvalue weighted by Crippen LogP contribution is 2.42. The number of carbonyl (C=O) groups excluding carboxylic acids is 2. The molecule has 0 saturated carbocycles. The minimum Gasteiger partial charge on any atom is -0.508 e. The molecular formula is C17H17F2NO5. The highest BCUT2D eigenvalue weighted by Gasteiger charge is 2.44. The second kappa shape index (κ2) is 7.00. The molecule has 0 radical (unpaired) electrons. The van der Waals surface area contributed by atoms with Gasteiger partial charge < -0.3 is 14.6 Å². The van der Waals surface area contributed by atoms with Gasteiger partial charge in [0.2, 0.25) is 0 Å². The lowest BCUT2D eigenvalue weighted by Gasteiger charge is -2.31. The molecule has 0 saturated heterocycles. The number of phenolic OH excluding ortho intramolecular Hbond substituents is 1. The van der Waals surface area contributed by atoms with Crippen LogP contribution in [-0.4, -0.2) is 37.0 Å². The fourth-order valence-corrected chi connectivity index (χ4v) is 3.02. The summed E-state index contributed by atoms with van der Waals surface area (Å²) < 4.78 is 38.4. The lowest BCUT2D eigenvalue weighted by Crippen LogP contribution is -2.36. The van der Waals surface area contributed by atoms with Crippen LogP contribution in [0, 0.1) is 17.6 Å². The van der Waals surface area contributed by atoms with E-state index in [-0.39, 0.29) is 17.0 Å². The molecule has 2 unspecified atom stereocenters. The first-order chi connectivity index (χ1) is 11.7. The van der Waals surface area contributed by atoms with Gasteiger partial charge in [-0.15, -0.1) is 0 Å². The number of nitrogens with zero attached hydrogens (tertiary/aromatic N) is 1. The number of allylic oxidation sites excluding steroid dienone is 1. The van der Waals surface area contributed by atoms with Gasteiger partial charge in [0.25, 0.3) is 0 Å². The molecule has 2 rings (SSSR count). The first-order valence-corrected chi connectivity index (χ1v) is 7.32. The third-order valence-corrected chi connectivity index (χ3v) is 4.06. The number of methoxy groups -OCH3 is 2. The summed E-state index contributed by atoms with van der Waals surface area (Å²) in [6, 6.07) is 1.41. The molecule has 0 aromatic heterocycles. The minimum atomic E-state index is -1.34. The van der Waals surface area contributed by atoms with Crippen LogP contribution in [0.1, 0.15) is 25.3 Å². The molecule has 0 aliphatic carbocycles. The number of rotatable bonds is 3. The van der Waals surface area contributed by atoms with E-state index < -0.39 is 46.7 Å². The number of hydrogen-bond acceptors (Lipinski definition) is 6. The lowest BCUT2D eigenvalue weighted by atomic mass is 9.75. The van der Waals surface area contributed by atoms with Crippen molar-refractivity contribution < 1.29 is 33.0 Å². The number of hydrogen-bond donors (Lipinski definition) is 1. The zero-order valence-corrected chi connectivity index (χ0v) is 14.1. The summed E-state index contributed by atoms with van der Waals surface area (Å²) in [4.78, 5) is 28.6. The van der Waals surface area contributed by atoms with Crippen LogP contribution in [0.5, 0.6) is 5.75 Å². The van der Waals surface area contributed by atoms with Crippen molar-refractivity contribution in [2.24, 2.45) is 10.9 Å². The van der Waals surface area contributed by atoms with E-state index >= 15 is 0 Å². The van der Waals surface area contributed by atoms with Gasteiger partial charge in [0.05, 0.1) is 19.8 Å². The zero-order chi connectivity index (χ0) is 18.9. The summed E-state index contributed by atoms with van der Waals surface area (Å²) in [5, 5.41) is 9.36. The van der Waals surface area contributed by atoms with Crippen molar-refractivity contribution in [1.29, 1.82) is 0 Å². The van der Waals surface area contributed by atoms with Gasteiger partial charge in [-0.3, -0.25) is 9.79 Å². The SMILES string of the molecule is COC(=O)C1=C(C)N=C(C)C(C(=O)OC)C1c1c(F)cc(O)cc1F. The van der Waals surface area contributed by atoms with E-state index in [0.29, 0.717) is 12.1 Å². The summed E-state index contributed by atoms with van der Waals surface area (Å²) in [5.41, 5.74) is -0.260. The second-order valence-electron chi connectivity index (χ2n) is 5.55. The molecule has 1 aliphatic heterocycles. The lowest BCUT2D eigenvalue weighted by molar-refractivity contribution is -0.143. The zero-order valence-electron chi connectivity index (χ0n) is 14.1. The van der Waals surface area contributed by atoms with Crippen LogP contribution >= 0.6 is 0 Å². The maximum absolute atomic E-state index is 14.5. The summed E-state index contributed by atoms with van der Waals surface area (Å²) in [6.45, 7) is 2.98. The van der Waals surface area contributed by atoms with E-state index in [2.05, 4.69) is 4.99 Å². The van der Waals surface area contributed by atoms with Gasteiger partial charge in [-0.05, 0) is 13.8 Å². The Morgan fingerprint density at radius 3 is 2.16 bits per heavy atom. The summed E-state index contributed by atoms with van der Waals surface area (Å²) in [7, 11) is 2.24. The van der Waals surface area contributed by atoms with E-state index in [4.69, 9.17) is 9.47 Å². The summed E-state index contributed by atoms with van der Waals surface area (Å²) in [6.07, 6.45) is 0. The second-order valence-corrected chi connectivity index (χ2v) is 5.55. The Bertz CT molecular complexity index is 777. The van der Waals surface area contributed by atoms with E-state index in [9.17, 15) is 23.5 Å². The quantitative estimate of drug-likeness (QED) is 0.844. The number of benzene rings is 1. The van der Waals surface area contributed by atoms with Crippen LogP contribution in [-0.2, 0) is 19.1 Å². The summed E-state index contributed by atoms with van der Waals surface area (Å²) >= 11 is 0. The van der Waals surface area contributed by atoms with E-state index in [1.807, 2.05) is 0 Å². The molecule has 1 aliphatic rings. The van der Waals surface area contributed by atoms with Crippen molar-refractivity contribution in [2.45, 2.75) is 19.8 Å². The van der Waals surface area contributed by atoms with Crippen LogP contribution in [0.2, 0.25) is 0 Å². The predicted molar refractivity (Wildman–Crippen MR) is 84.1 cm³/mol. The molecule has 1 heterocycles. The van der Waals surface area contributed by atoms with Crippen molar-refractivity contribution in [3.05, 3.63) is 40.6 Å². The van der Waals surface area contributed by atoms with Crippen LogP contribution in [0.25, 0.3) is 0 Å². The normalized spacial score (nSPS) is 20.2. The van der Waals surface area contributed by atoms with Crippen LogP contribution in [0.3, 0.4) is 0 Å². The smallest absolute Gasteiger partial charge is 0.336 e. The molecule has 6 nitrogen and oxygen atoms in total. The number of ether oxygens (including phenoxy) is 2. The largest absolute Gasteiger partial charge is 0.508 e. The van der Waals surface area contributed by atoms with Crippen molar-refractivity contribution >= 4 is 17.7 Å². The molecule has 0 fully saturated rings. The van der Waals surface area contributed by atoms with E-state index in [0.717, 1.165) is 14.2 Å². The van der Waals surface area contributed by atoms with Crippen LogP contribution in [0.15, 0.2) is 28.4 Å². The first-order valence-electron chi connectivity index (χ1n) is 7.32. The first kappa shape index (κ1) is 18.6. The van der Waals surface area contributed by atoms with Gasteiger partial charge in [0.1, 0.15) is 23.3 Å². The topological polar surface area (TPSA) is 85.2 Å². The molecule has 134 valence electrons. The van der Waals surface area contributed by atoms with Gasteiger partial charge in [-0.25, -0.2) is 13.6 Å². The van der Waals surface area contributed by atoms with Crippen LogP contribution in [0.4, 0.5) is 8.78 Å². The Morgan fingerprint density at radius 1 is 1.12 bits per heavy atom.